The van der Waals surface area contributed by atoms with Crippen LogP contribution in [0.2, 0.25) is 0 Å². The van der Waals surface area contributed by atoms with Crippen LogP contribution < -0.4 is 0 Å². The number of carbonyl (C=O) groups is 1. The Balaban J connectivity index is 2.34. The number of hydrogen-bond acceptors (Lipinski definition) is 6. The van der Waals surface area contributed by atoms with E-state index in [4.69, 9.17) is 14.9 Å². The monoisotopic (exact) mass is 321 g/mol. The molecular formula is C11H15NO6S2. The molecule has 2 rings (SSSR count). The van der Waals surface area contributed by atoms with Gasteiger partial charge in [-0.2, -0.15) is 4.31 Å². The molecule has 0 radical (unpaired) electrons. The van der Waals surface area contributed by atoms with Crippen LogP contribution in [0.15, 0.2) is 16.3 Å². The molecule has 20 heavy (non-hydrogen) atoms. The molecule has 2 heterocycles. The van der Waals surface area contributed by atoms with Crippen molar-refractivity contribution in [2.45, 2.75) is 24.0 Å². The predicted octanol–water partition coefficient (Wildman–Crippen LogP) is 0.217. The molecule has 0 bridgehead atoms. The van der Waals surface area contributed by atoms with E-state index in [1.54, 1.807) is 6.92 Å². The number of aliphatic hydroxyl groups is 1. The summed E-state index contributed by atoms with van der Waals surface area (Å²) in [7, 11) is -3.90. The van der Waals surface area contributed by atoms with Crippen LogP contribution >= 0.6 is 11.3 Å². The average molecular weight is 321 g/mol. The molecule has 1 aliphatic rings. The molecule has 0 saturated carbocycles. The molecule has 0 aromatic carbocycles. The fourth-order valence-electron chi connectivity index (χ4n) is 2.10. The van der Waals surface area contributed by atoms with E-state index in [0.29, 0.717) is 0 Å². The Kier molecular flexibility index (Phi) is 4.45. The summed E-state index contributed by atoms with van der Waals surface area (Å²) in [5.74, 6) is -1.27. The van der Waals surface area contributed by atoms with Gasteiger partial charge in [0.25, 0.3) is 0 Å². The number of aromatic carboxylic acids is 1. The van der Waals surface area contributed by atoms with Crippen LogP contribution in [0.5, 0.6) is 0 Å². The zero-order chi connectivity index (χ0) is 14.9. The quantitative estimate of drug-likeness (QED) is 0.822. The Morgan fingerprint density at radius 3 is 2.85 bits per heavy atom. The van der Waals surface area contributed by atoms with Crippen LogP contribution in [-0.2, 0) is 14.8 Å². The molecule has 7 nitrogen and oxygen atoms in total. The summed E-state index contributed by atoms with van der Waals surface area (Å²) in [4.78, 5) is 10.6. The third-order valence-electron chi connectivity index (χ3n) is 2.94. The molecule has 2 atom stereocenters. The standard InChI is InChI=1S/C11H15NO6S2/c1-7-4-12(5-8(6-13)18-7)20(16,17)9-2-3-19-10(9)11(14)15/h2-3,7-8,13H,4-6H2,1H3,(H,14,15). The molecule has 2 N–H and O–H groups in total. The highest BCUT2D eigenvalue weighted by Crippen LogP contribution is 2.27. The van der Waals surface area contributed by atoms with Gasteiger partial charge in [-0.3, -0.25) is 0 Å². The van der Waals surface area contributed by atoms with Crippen molar-refractivity contribution in [3.63, 3.8) is 0 Å². The van der Waals surface area contributed by atoms with Gasteiger partial charge >= 0.3 is 5.97 Å². The third-order valence-corrected chi connectivity index (χ3v) is 5.84. The Morgan fingerprint density at radius 1 is 1.55 bits per heavy atom. The van der Waals surface area contributed by atoms with Crippen molar-refractivity contribution >= 4 is 27.3 Å². The van der Waals surface area contributed by atoms with E-state index in [9.17, 15) is 13.2 Å². The van der Waals surface area contributed by atoms with E-state index in [-0.39, 0.29) is 35.6 Å². The number of rotatable bonds is 4. The highest BCUT2D eigenvalue weighted by molar-refractivity contribution is 7.89. The Hall–Kier alpha value is -1.00. The van der Waals surface area contributed by atoms with Crippen molar-refractivity contribution in [3.05, 3.63) is 16.3 Å². The van der Waals surface area contributed by atoms with Crippen molar-refractivity contribution in [3.8, 4) is 0 Å². The van der Waals surface area contributed by atoms with Gasteiger partial charge in [-0.05, 0) is 18.4 Å². The van der Waals surface area contributed by atoms with E-state index < -0.39 is 22.1 Å². The minimum atomic E-state index is -3.90. The molecule has 0 aliphatic carbocycles. The number of carboxylic acid groups (broad SMARTS) is 1. The predicted molar refractivity (Wildman–Crippen MR) is 71.5 cm³/mol. The van der Waals surface area contributed by atoms with Crippen LogP contribution in [0.25, 0.3) is 0 Å². The molecule has 0 spiro atoms. The van der Waals surface area contributed by atoms with E-state index >= 15 is 0 Å². The summed E-state index contributed by atoms with van der Waals surface area (Å²) < 4.78 is 31.6. The second kappa shape index (κ2) is 5.78. The van der Waals surface area contributed by atoms with Crippen molar-refractivity contribution in [2.24, 2.45) is 0 Å². The fraction of sp³-hybridized carbons (Fsp3) is 0.545. The maximum absolute atomic E-state index is 12.5. The first-order chi connectivity index (χ1) is 9.36. The minimum absolute atomic E-state index is 0.0120. The maximum Gasteiger partial charge on any atom is 0.347 e. The minimum Gasteiger partial charge on any atom is -0.477 e. The molecule has 1 saturated heterocycles. The lowest BCUT2D eigenvalue weighted by molar-refractivity contribution is -0.0750. The SMILES string of the molecule is CC1CN(S(=O)(=O)c2ccsc2C(=O)O)CC(CO)O1. The summed E-state index contributed by atoms with van der Waals surface area (Å²) >= 11 is 0.870. The number of sulfonamides is 1. The number of nitrogens with zero attached hydrogens (tertiary/aromatic N) is 1. The Bertz CT molecular complexity index is 596. The maximum atomic E-state index is 12.5. The van der Waals surface area contributed by atoms with Crippen LogP contribution in [0.3, 0.4) is 0 Å². The lowest BCUT2D eigenvalue weighted by Gasteiger charge is -2.35. The van der Waals surface area contributed by atoms with Crippen LogP contribution in [0, 0.1) is 0 Å². The first kappa shape index (κ1) is 15.4. The second-order valence-corrected chi connectivity index (χ2v) is 7.31. The highest BCUT2D eigenvalue weighted by Gasteiger charge is 2.36. The number of hydrogen-bond donors (Lipinski definition) is 2. The number of ether oxygens (including phenoxy) is 1. The number of aliphatic hydroxyl groups excluding tert-OH is 1. The van der Waals surface area contributed by atoms with Crippen LogP contribution in [-0.4, -0.2) is 60.8 Å². The summed E-state index contributed by atoms with van der Waals surface area (Å²) in [6.07, 6.45) is -0.956. The lowest BCUT2D eigenvalue weighted by atomic mass is 10.2. The number of carboxylic acids is 1. The van der Waals surface area contributed by atoms with Crippen LogP contribution in [0.4, 0.5) is 0 Å². The van der Waals surface area contributed by atoms with Gasteiger partial charge in [0.05, 0.1) is 18.8 Å². The van der Waals surface area contributed by atoms with Crippen molar-refractivity contribution in [1.82, 2.24) is 4.31 Å². The zero-order valence-electron chi connectivity index (χ0n) is 10.7. The van der Waals surface area contributed by atoms with Gasteiger partial charge in [0.15, 0.2) is 0 Å². The van der Waals surface area contributed by atoms with Crippen molar-refractivity contribution < 1.29 is 28.2 Å². The summed E-state index contributed by atoms with van der Waals surface area (Å²) in [6, 6.07) is 1.29. The van der Waals surface area contributed by atoms with Gasteiger partial charge in [-0.25, -0.2) is 13.2 Å². The van der Waals surface area contributed by atoms with E-state index in [0.717, 1.165) is 15.6 Å². The molecule has 1 aliphatic heterocycles. The lowest BCUT2D eigenvalue weighted by Crippen LogP contribution is -2.50. The summed E-state index contributed by atoms with van der Waals surface area (Å²) in [6.45, 7) is 1.56. The molecular weight excluding hydrogens is 306 g/mol. The van der Waals surface area contributed by atoms with Gasteiger partial charge < -0.3 is 14.9 Å². The normalized spacial score (nSPS) is 24.7. The molecule has 2 unspecified atom stereocenters. The topological polar surface area (TPSA) is 104 Å². The molecule has 1 aromatic rings. The molecule has 1 fully saturated rings. The third kappa shape index (κ3) is 2.86. The highest BCUT2D eigenvalue weighted by atomic mass is 32.2. The molecule has 1 aromatic heterocycles. The van der Waals surface area contributed by atoms with Gasteiger partial charge in [0, 0.05) is 13.1 Å². The van der Waals surface area contributed by atoms with E-state index in [1.807, 2.05) is 0 Å². The van der Waals surface area contributed by atoms with Crippen molar-refractivity contribution in [1.29, 1.82) is 0 Å². The van der Waals surface area contributed by atoms with Gasteiger partial charge in [0.2, 0.25) is 10.0 Å². The molecule has 112 valence electrons. The summed E-state index contributed by atoms with van der Waals surface area (Å²) in [5.41, 5.74) is 0. The summed E-state index contributed by atoms with van der Waals surface area (Å²) in [5, 5.41) is 19.6. The second-order valence-electron chi connectivity index (χ2n) is 4.49. The molecule has 0 amide bonds. The van der Waals surface area contributed by atoms with E-state index in [1.165, 1.54) is 11.4 Å². The average Bonchev–Trinajstić information content (AvgIpc) is 2.88. The molecule has 9 heteroatoms. The van der Waals surface area contributed by atoms with Crippen molar-refractivity contribution in [2.75, 3.05) is 19.7 Å². The van der Waals surface area contributed by atoms with E-state index in [2.05, 4.69) is 0 Å². The van der Waals surface area contributed by atoms with Gasteiger partial charge in [0.1, 0.15) is 9.77 Å². The number of morpholine rings is 1. The first-order valence-corrected chi connectivity index (χ1v) is 8.25. The van der Waals surface area contributed by atoms with Crippen LogP contribution in [0.1, 0.15) is 16.6 Å². The van der Waals surface area contributed by atoms with Gasteiger partial charge in [-0.1, -0.05) is 0 Å². The zero-order valence-corrected chi connectivity index (χ0v) is 12.4. The first-order valence-electron chi connectivity index (χ1n) is 5.93. The largest absolute Gasteiger partial charge is 0.477 e. The van der Waals surface area contributed by atoms with Gasteiger partial charge in [-0.15, -0.1) is 11.3 Å². The Labute approximate surface area is 120 Å². The Morgan fingerprint density at radius 2 is 2.25 bits per heavy atom. The number of thiophene rings is 1. The smallest absolute Gasteiger partial charge is 0.347 e. The fourth-order valence-corrected chi connectivity index (χ4v) is 4.88.